The van der Waals surface area contributed by atoms with Gasteiger partial charge >= 0.3 is 0 Å². The van der Waals surface area contributed by atoms with Gasteiger partial charge in [-0.3, -0.25) is 0 Å². The molecular weight excluding hydrogens is 746 g/mol. The number of hydrogen-bond donors (Lipinski definition) is 0. The Morgan fingerprint density at radius 2 is 0.806 bits per heavy atom. The van der Waals surface area contributed by atoms with Gasteiger partial charge in [0.15, 0.2) is 0 Å². The van der Waals surface area contributed by atoms with Gasteiger partial charge in [-0.2, -0.15) is 0 Å². The highest BCUT2D eigenvalue weighted by Crippen LogP contribution is 2.52. The highest BCUT2D eigenvalue weighted by Gasteiger charge is 2.46. The number of fused-ring (bicyclic) bond motifs is 9. The van der Waals surface area contributed by atoms with Crippen LogP contribution < -0.4 is 42.6 Å². The second-order valence-electron chi connectivity index (χ2n) is 18.2. The van der Waals surface area contributed by atoms with Crippen LogP contribution in [0.1, 0.15) is 50.7 Å². The minimum atomic E-state index is 0.0716. The molecule has 0 radical (unpaired) electrons. The largest absolute Gasteiger partial charge is 0.311 e. The van der Waals surface area contributed by atoms with Crippen molar-refractivity contribution in [2.24, 2.45) is 0 Å². The van der Waals surface area contributed by atoms with E-state index in [1.807, 2.05) is 0 Å². The maximum absolute atomic E-state index is 2.62. The minimum absolute atomic E-state index is 0.0716. The molecule has 292 valence electrons. The van der Waals surface area contributed by atoms with E-state index >= 15 is 0 Å². The summed E-state index contributed by atoms with van der Waals surface area (Å²) in [6, 6.07) is 68.7. The van der Waals surface area contributed by atoms with Gasteiger partial charge in [0.05, 0.1) is 0 Å². The summed E-state index contributed by atoms with van der Waals surface area (Å²) in [5.74, 6) is 0.545. The Kier molecular flexibility index (Phi) is 7.62. The lowest BCUT2D eigenvalue weighted by molar-refractivity contribution is 0.881. The van der Waals surface area contributed by atoms with E-state index in [9.17, 15) is 0 Å². The predicted octanol–water partition coefficient (Wildman–Crippen LogP) is 11.4. The van der Waals surface area contributed by atoms with E-state index in [1.165, 1.54) is 121 Å². The quantitative estimate of drug-likeness (QED) is 0.127. The molecule has 0 bridgehead atoms. The standard InChI is InChI=1S/C58H44B2N2/c1-35(2)50-42-31-34-45-53-43(51(36(3)4)56-58(45)62(39-23-12-7-13-24-39)49-30-18-26-41-40-25-14-15-27-46(40)60(56)54(41)49)32-33-44(52(42)53)57-55(50)59(37-19-8-5-9-20-37)47-28-16-17-29-48(47)61(57)38-21-10-6-11-22-38/h5-36H,1-4H3. The molecule has 0 saturated heterocycles. The zero-order chi connectivity index (χ0) is 41.4. The molecule has 0 aliphatic carbocycles. The second-order valence-corrected chi connectivity index (χ2v) is 18.2. The molecule has 0 atom stereocenters. The van der Waals surface area contributed by atoms with E-state index in [2.05, 4.69) is 219 Å². The molecule has 3 aliphatic rings. The third-order valence-corrected chi connectivity index (χ3v) is 14.3. The van der Waals surface area contributed by atoms with Crippen LogP contribution in [0.4, 0.5) is 34.1 Å². The van der Waals surface area contributed by atoms with Gasteiger partial charge in [0, 0.05) is 44.9 Å². The third-order valence-electron chi connectivity index (χ3n) is 14.3. The number of hydrogen-bond acceptors (Lipinski definition) is 2. The van der Waals surface area contributed by atoms with Gasteiger partial charge in [0.1, 0.15) is 0 Å². The van der Waals surface area contributed by atoms with Crippen molar-refractivity contribution in [3.8, 4) is 11.1 Å². The fraction of sp³-hybridized carbons (Fsp3) is 0.103. The van der Waals surface area contributed by atoms with E-state index in [-0.39, 0.29) is 25.3 Å². The number of nitrogens with zero attached hydrogens (tertiary/aromatic N) is 2. The van der Waals surface area contributed by atoms with Gasteiger partial charge in [0.2, 0.25) is 13.4 Å². The van der Waals surface area contributed by atoms with Crippen LogP contribution >= 0.6 is 0 Å². The molecule has 3 aliphatic heterocycles. The summed E-state index contributed by atoms with van der Waals surface area (Å²) < 4.78 is 0. The zero-order valence-corrected chi connectivity index (χ0v) is 35.5. The molecule has 0 aromatic heterocycles. The number of anilines is 6. The summed E-state index contributed by atoms with van der Waals surface area (Å²) in [4.78, 5) is 5.20. The average molecular weight is 791 g/mol. The molecule has 10 aromatic rings. The Morgan fingerprint density at radius 1 is 0.355 bits per heavy atom. The summed E-state index contributed by atoms with van der Waals surface area (Å²) >= 11 is 0. The fourth-order valence-electron chi connectivity index (χ4n) is 12.2. The minimum Gasteiger partial charge on any atom is -0.311 e. The monoisotopic (exact) mass is 790 g/mol. The van der Waals surface area contributed by atoms with Crippen LogP contribution in [0.3, 0.4) is 0 Å². The molecule has 0 saturated carbocycles. The molecule has 4 heteroatoms. The molecule has 62 heavy (non-hydrogen) atoms. The first-order valence-corrected chi connectivity index (χ1v) is 22.4. The Labute approximate surface area is 364 Å². The Hall–Kier alpha value is -7.03. The molecule has 2 nitrogen and oxygen atoms in total. The van der Waals surface area contributed by atoms with Gasteiger partial charge in [0.25, 0.3) is 0 Å². The normalized spacial score (nSPS) is 13.6. The molecule has 0 fully saturated rings. The van der Waals surface area contributed by atoms with Gasteiger partial charge in [-0.05, 0) is 114 Å². The maximum Gasteiger partial charge on any atom is 0.248 e. The van der Waals surface area contributed by atoms with Crippen molar-refractivity contribution in [2.75, 3.05) is 9.80 Å². The van der Waals surface area contributed by atoms with Gasteiger partial charge in [-0.25, -0.2) is 0 Å². The third kappa shape index (κ3) is 4.67. The summed E-state index contributed by atoms with van der Waals surface area (Å²) in [6.07, 6.45) is 0. The highest BCUT2D eigenvalue weighted by atomic mass is 15.2. The first-order valence-electron chi connectivity index (χ1n) is 22.4. The number of benzene rings is 10. The number of rotatable bonds is 5. The second kappa shape index (κ2) is 13.2. The van der Waals surface area contributed by atoms with E-state index in [0.717, 1.165) is 0 Å². The Morgan fingerprint density at radius 3 is 1.40 bits per heavy atom. The molecule has 3 heterocycles. The van der Waals surface area contributed by atoms with Crippen LogP contribution in [0.2, 0.25) is 0 Å². The highest BCUT2D eigenvalue weighted by molar-refractivity contribution is 7.02. The van der Waals surface area contributed by atoms with Crippen molar-refractivity contribution in [3.63, 3.8) is 0 Å². The Bertz CT molecular complexity index is 3340. The van der Waals surface area contributed by atoms with E-state index in [4.69, 9.17) is 0 Å². The van der Waals surface area contributed by atoms with Crippen molar-refractivity contribution in [3.05, 3.63) is 193 Å². The lowest BCUT2D eigenvalue weighted by atomic mass is 9.34. The first kappa shape index (κ1) is 35.7. The first-order chi connectivity index (χ1) is 30.5. The van der Waals surface area contributed by atoms with Crippen LogP contribution in [-0.4, -0.2) is 13.4 Å². The maximum atomic E-state index is 2.62. The van der Waals surface area contributed by atoms with Gasteiger partial charge < -0.3 is 9.80 Å². The molecule has 0 N–H and O–H groups in total. The lowest BCUT2D eigenvalue weighted by Crippen LogP contribution is -2.58. The predicted molar refractivity (Wildman–Crippen MR) is 269 cm³/mol. The summed E-state index contributed by atoms with van der Waals surface area (Å²) in [6.45, 7) is 9.87. The summed E-state index contributed by atoms with van der Waals surface area (Å²) in [7, 11) is 0. The van der Waals surface area contributed by atoms with Crippen LogP contribution in [0.5, 0.6) is 0 Å². The van der Waals surface area contributed by atoms with E-state index in [0.29, 0.717) is 0 Å². The number of para-hydroxylation sites is 3. The van der Waals surface area contributed by atoms with Crippen molar-refractivity contribution in [1.82, 2.24) is 0 Å². The van der Waals surface area contributed by atoms with E-state index in [1.54, 1.807) is 0 Å². The van der Waals surface area contributed by atoms with Crippen LogP contribution in [0, 0.1) is 0 Å². The average Bonchev–Trinajstić information content (AvgIpc) is 3.65. The SMILES string of the molecule is CC(C)c1c2c(c3ccc4c(C(C)C)c5c(c6ccc1c3c46)N(c1ccccc1)c1cccc3c1B5c1ccccc1-3)N(c1ccccc1)c1ccccc1B2c1ccccc1. The van der Waals surface area contributed by atoms with Crippen molar-refractivity contribution < 1.29 is 0 Å². The Balaban J connectivity index is 1.24. The van der Waals surface area contributed by atoms with Gasteiger partial charge in [-0.1, -0.05) is 184 Å². The van der Waals surface area contributed by atoms with Crippen molar-refractivity contribution in [1.29, 1.82) is 0 Å². The van der Waals surface area contributed by atoms with Crippen molar-refractivity contribution >= 4 is 113 Å². The van der Waals surface area contributed by atoms with Crippen molar-refractivity contribution in [2.45, 2.75) is 39.5 Å². The lowest BCUT2D eigenvalue weighted by Gasteiger charge is -2.41. The smallest absolute Gasteiger partial charge is 0.248 e. The van der Waals surface area contributed by atoms with Crippen LogP contribution in [0.25, 0.3) is 43.4 Å². The zero-order valence-electron chi connectivity index (χ0n) is 35.5. The fourth-order valence-corrected chi connectivity index (χ4v) is 12.2. The summed E-state index contributed by atoms with van der Waals surface area (Å²) in [5, 5.41) is 8.12. The van der Waals surface area contributed by atoms with Gasteiger partial charge in [-0.15, -0.1) is 0 Å². The van der Waals surface area contributed by atoms with Crippen LogP contribution in [-0.2, 0) is 0 Å². The summed E-state index contributed by atoms with van der Waals surface area (Å²) in [5.41, 5.74) is 21.5. The molecule has 0 unspecified atom stereocenters. The molecule has 0 amide bonds. The molecular formula is C58H44B2N2. The molecule has 10 aromatic carbocycles. The molecule has 0 spiro atoms. The van der Waals surface area contributed by atoms with Crippen LogP contribution in [0.15, 0.2) is 182 Å². The van der Waals surface area contributed by atoms with E-state index < -0.39 is 0 Å². The topological polar surface area (TPSA) is 6.48 Å². The molecule has 13 rings (SSSR count).